The molecule has 1 aliphatic carbocycles. The molecule has 1 unspecified atom stereocenters. The molecule has 0 bridgehead atoms. The summed E-state index contributed by atoms with van der Waals surface area (Å²) in [7, 11) is 0. The fourth-order valence-corrected chi connectivity index (χ4v) is 7.19. The van der Waals surface area contributed by atoms with Crippen LogP contribution in [0.25, 0.3) is 0 Å². The predicted molar refractivity (Wildman–Crippen MR) is 158 cm³/mol. The molecule has 2 aromatic heterocycles. The van der Waals surface area contributed by atoms with E-state index in [1.807, 2.05) is 39.2 Å². The number of piperidine rings is 1. The number of hydrogen-bond acceptors (Lipinski definition) is 4. The molecule has 1 saturated carbocycles. The summed E-state index contributed by atoms with van der Waals surface area (Å²) >= 11 is 0. The van der Waals surface area contributed by atoms with Gasteiger partial charge in [-0.2, -0.15) is 5.10 Å². The summed E-state index contributed by atoms with van der Waals surface area (Å²) in [5.74, 6) is 0.443. The molecule has 4 aliphatic rings. The number of para-hydroxylation sites is 1. The van der Waals surface area contributed by atoms with Crippen LogP contribution in [-0.4, -0.2) is 69.2 Å². The van der Waals surface area contributed by atoms with E-state index in [4.69, 9.17) is 5.10 Å². The van der Waals surface area contributed by atoms with Gasteiger partial charge in [-0.25, -0.2) is 4.79 Å². The average Bonchev–Trinajstić information content (AvgIpc) is 3.40. The number of carbonyl (C=O) groups is 2. The highest BCUT2D eigenvalue weighted by molar-refractivity contribution is 5.96. The van der Waals surface area contributed by atoms with Crippen molar-refractivity contribution < 1.29 is 9.59 Å². The third kappa shape index (κ3) is 4.91. The molecular weight excluding hydrogens is 512 g/mol. The molecule has 8 heteroatoms. The van der Waals surface area contributed by atoms with Crippen LogP contribution in [0, 0.1) is 0 Å². The zero-order chi connectivity index (χ0) is 28.0. The number of benzene rings is 1. The Morgan fingerprint density at radius 3 is 2.49 bits per heavy atom. The Kier molecular flexibility index (Phi) is 6.79. The van der Waals surface area contributed by atoms with E-state index in [-0.39, 0.29) is 23.4 Å². The van der Waals surface area contributed by atoms with Gasteiger partial charge in [-0.1, -0.05) is 31.2 Å². The van der Waals surface area contributed by atoms with Gasteiger partial charge in [0.1, 0.15) is 0 Å². The molecular formula is C33H40N6O2. The van der Waals surface area contributed by atoms with Crippen LogP contribution in [0.15, 0.2) is 55.0 Å². The van der Waals surface area contributed by atoms with Crippen LogP contribution in [-0.2, 0) is 11.8 Å². The maximum atomic E-state index is 13.9. The number of rotatable bonds is 4. The zero-order valence-corrected chi connectivity index (χ0v) is 24.0. The molecule has 1 aromatic carbocycles. The van der Waals surface area contributed by atoms with Gasteiger partial charge in [0.2, 0.25) is 0 Å². The third-order valence-electron chi connectivity index (χ3n) is 9.90. The molecule has 5 heterocycles. The first-order chi connectivity index (χ1) is 20.0. The molecule has 3 aliphatic heterocycles. The normalized spacial score (nSPS) is 22.4. The molecule has 214 valence electrons. The summed E-state index contributed by atoms with van der Waals surface area (Å²) in [4.78, 5) is 37.9. The van der Waals surface area contributed by atoms with E-state index in [9.17, 15) is 9.59 Å². The maximum absolute atomic E-state index is 13.9. The van der Waals surface area contributed by atoms with Gasteiger partial charge in [0.15, 0.2) is 0 Å². The first-order valence-corrected chi connectivity index (χ1v) is 15.4. The van der Waals surface area contributed by atoms with Crippen molar-refractivity contribution in [3.63, 3.8) is 0 Å². The second-order valence-electron chi connectivity index (χ2n) is 12.7. The van der Waals surface area contributed by atoms with Gasteiger partial charge in [0.25, 0.3) is 5.91 Å². The molecule has 8 nitrogen and oxygen atoms in total. The fourth-order valence-electron chi connectivity index (χ4n) is 7.19. The number of nitrogens with zero attached hydrogens (tertiary/aromatic N) is 6. The molecule has 41 heavy (non-hydrogen) atoms. The molecule has 0 radical (unpaired) electrons. The zero-order valence-electron chi connectivity index (χ0n) is 24.0. The van der Waals surface area contributed by atoms with Crippen molar-refractivity contribution in [2.45, 2.75) is 75.7 Å². The highest BCUT2D eigenvalue weighted by Crippen LogP contribution is 2.50. The molecule has 3 fully saturated rings. The highest BCUT2D eigenvalue weighted by Gasteiger charge is 2.47. The van der Waals surface area contributed by atoms with Gasteiger partial charge in [0, 0.05) is 62.1 Å². The number of anilines is 1. The lowest BCUT2D eigenvalue weighted by atomic mass is 9.97. The second-order valence-corrected chi connectivity index (χ2v) is 12.7. The Balaban J connectivity index is 1.06. The summed E-state index contributed by atoms with van der Waals surface area (Å²) in [5, 5.41) is 4.86. The molecule has 1 atom stereocenters. The van der Waals surface area contributed by atoms with E-state index in [1.54, 1.807) is 6.20 Å². The lowest BCUT2D eigenvalue weighted by Crippen LogP contribution is -2.47. The van der Waals surface area contributed by atoms with Crippen LogP contribution in [0.4, 0.5) is 10.5 Å². The standard InChI is InChI=1S/C33H40N6O2/c1-33(14-15-33)30-28(31(40)37-18-11-26(23-37)25-9-6-16-34-21-25)22-35-39(30)27-12-19-36(20-13-27)32(41)38-17-5-4-8-24-7-2-3-10-29(24)38/h2-3,6-7,9-10,16,21-22,26-27H,4-5,8,11-15,17-20,23H2,1H3. The van der Waals surface area contributed by atoms with E-state index in [2.05, 4.69) is 40.9 Å². The van der Waals surface area contributed by atoms with Crippen molar-refractivity contribution in [3.05, 3.63) is 77.4 Å². The Labute approximate surface area is 242 Å². The summed E-state index contributed by atoms with van der Waals surface area (Å²) < 4.78 is 2.16. The van der Waals surface area contributed by atoms with E-state index in [0.29, 0.717) is 19.0 Å². The number of aromatic nitrogens is 3. The van der Waals surface area contributed by atoms with Crippen LogP contribution in [0.3, 0.4) is 0 Å². The smallest absolute Gasteiger partial charge is 0.324 e. The summed E-state index contributed by atoms with van der Waals surface area (Å²) in [6, 6.07) is 12.8. The number of aryl methyl sites for hydroxylation is 1. The molecule has 3 aromatic rings. The lowest BCUT2D eigenvalue weighted by Gasteiger charge is -2.36. The van der Waals surface area contributed by atoms with E-state index in [1.165, 1.54) is 11.1 Å². The minimum atomic E-state index is 0.00663. The number of hydrogen-bond donors (Lipinski definition) is 0. The van der Waals surface area contributed by atoms with Gasteiger partial charge in [-0.05, 0) is 74.6 Å². The largest absolute Gasteiger partial charge is 0.338 e. The SMILES string of the molecule is CC1(c2c(C(=O)N3CCC(c4cccnc4)C3)cnn2C2CCN(C(=O)N3CCCCc4ccccc43)CC2)CC1. The highest BCUT2D eigenvalue weighted by atomic mass is 16.2. The quantitative estimate of drug-likeness (QED) is 0.425. The van der Waals surface area contributed by atoms with Gasteiger partial charge in [0.05, 0.1) is 23.5 Å². The molecule has 0 N–H and O–H groups in total. The van der Waals surface area contributed by atoms with E-state index in [0.717, 1.165) is 87.9 Å². The minimum absolute atomic E-state index is 0.00663. The van der Waals surface area contributed by atoms with Crippen LogP contribution >= 0.6 is 0 Å². The van der Waals surface area contributed by atoms with Crippen molar-refractivity contribution in [3.8, 4) is 0 Å². The van der Waals surface area contributed by atoms with Crippen LogP contribution in [0.5, 0.6) is 0 Å². The van der Waals surface area contributed by atoms with Crippen molar-refractivity contribution >= 4 is 17.6 Å². The van der Waals surface area contributed by atoms with E-state index >= 15 is 0 Å². The average molecular weight is 553 g/mol. The number of carbonyl (C=O) groups excluding carboxylic acids is 2. The topological polar surface area (TPSA) is 74.6 Å². The minimum Gasteiger partial charge on any atom is -0.338 e. The van der Waals surface area contributed by atoms with Gasteiger partial charge < -0.3 is 9.80 Å². The first-order valence-electron chi connectivity index (χ1n) is 15.4. The Morgan fingerprint density at radius 1 is 0.902 bits per heavy atom. The van der Waals surface area contributed by atoms with Crippen LogP contribution in [0.1, 0.15) is 91.0 Å². The van der Waals surface area contributed by atoms with Crippen molar-refractivity contribution in [2.75, 3.05) is 37.6 Å². The number of urea groups is 1. The number of likely N-dealkylation sites (tertiary alicyclic amines) is 2. The van der Waals surface area contributed by atoms with Gasteiger partial charge >= 0.3 is 6.03 Å². The van der Waals surface area contributed by atoms with Crippen molar-refractivity contribution in [2.24, 2.45) is 0 Å². The third-order valence-corrected chi connectivity index (χ3v) is 9.90. The summed E-state index contributed by atoms with van der Waals surface area (Å²) in [6.07, 6.45) is 13.6. The number of pyridine rings is 1. The predicted octanol–water partition coefficient (Wildman–Crippen LogP) is 5.56. The van der Waals surface area contributed by atoms with Crippen LogP contribution < -0.4 is 4.90 Å². The monoisotopic (exact) mass is 552 g/mol. The summed E-state index contributed by atoms with van der Waals surface area (Å²) in [6.45, 7) is 5.96. The van der Waals surface area contributed by atoms with Gasteiger partial charge in [-0.3, -0.25) is 19.4 Å². The molecule has 7 rings (SSSR count). The van der Waals surface area contributed by atoms with Crippen molar-refractivity contribution in [1.82, 2.24) is 24.6 Å². The van der Waals surface area contributed by atoms with E-state index < -0.39 is 0 Å². The number of amides is 3. The molecule has 3 amide bonds. The maximum Gasteiger partial charge on any atom is 0.324 e. The van der Waals surface area contributed by atoms with Gasteiger partial charge in [-0.15, -0.1) is 0 Å². The Bertz CT molecular complexity index is 1420. The Morgan fingerprint density at radius 2 is 1.71 bits per heavy atom. The molecule has 2 saturated heterocycles. The van der Waals surface area contributed by atoms with Crippen molar-refractivity contribution in [1.29, 1.82) is 0 Å². The first kappa shape index (κ1) is 26.2. The fraction of sp³-hybridized carbons (Fsp3) is 0.515. The lowest BCUT2D eigenvalue weighted by molar-refractivity contribution is 0.0788. The Hall–Kier alpha value is -3.68. The molecule has 0 spiro atoms. The summed E-state index contributed by atoms with van der Waals surface area (Å²) in [5.41, 5.74) is 5.44. The number of fused-ring (bicyclic) bond motifs is 1. The van der Waals surface area contributed by atoms with Crippen LogP contribution in [0.2, 0.25) is 0 Å². The second kappa shape index (κ2) is 10.6.